The molecule has 1 aliphatic rings. The average molecular weight is 362 g/mol. The Kier molecular flexibility index (Phi) is 4.99. The lowest BCUT2D eigenvalue weighted by atomic mass is 10.1. The van der Waals surface area contributed by atoms with Crippen LogP contribution in [0.4, 0.5) is 10.1 Å². The van der Waals surface area contributed by atoms with Crippen LogP contribution in [-0.2, 0) is 16.1 Å². The zero-order valence-electron chi connectivity index (χ0n) is 13.6. The van der Waals surface area contributed by atoms with Crippen molar-refractivity contribution in [2.75, 3.05) is 11.4 Å². The molecular formula is C18H17ClFN3O2. The van der Waals surface area contributed by atoms with Gasteiger partial charge in [-0.15, -0.1) is 0 Å². The van der Waals surface area contributed by atoms with Crippen LogP contribution < -0.4 is 10.2 Å². The molecule has 1 N–H and O–H groups in total. The van der Waals surface area contributed by atoms with Gasteiger partial charge in [-0.3, -0.25) is 14.6 Å². The number of amides is 2. The van der Waals surface area contributed by atoms with Crippen LogP contribution in [0.2, 0.25) is 5.02 Å². The molecule has 3 rings (SSSR count). The Labute approximate surface area is 149 Å². The Morgan fingerprint density at radius 3 is 2.88 bits per heavy atom. The number of hydrogen-bond donors (Lipinski definition) is 1. The first-order valence-corrected chi connectivity index (χ1v) is 8.28. The zero-order chi connectivity index (χ0) is 18.0. The van der Waals surface area contributed by atoms with Crippen LogP contribution in [0.5, 0.6) is 0 Å². The maximum absolute atomic E-state index is 13.3. The first kappa shape index (κ1) is 17.4. The number of nitrogens with zero attached hydrogens (tertiary/aromatic N) is 2. The third kappa shape index (κ3) is 3.96. The largest absolute Gasteiger partial charge is 0.351 e. The summed E-state index contributed by atoms with van der Waals surface area (Å²) in [6.07, 6.45) is 2.06. The van der Waals surface area contributed by atoms with Crippen LogP contribution in [0.15, 0.2) is 36.5 Å². The number of aromatic nitrogens is 1. The van der Waals surface area contributed by atoms with E-state index >= 15 is 0 Å². The molecule has 1 aromatic heterocycles. The van der Waals surface area contributed by atoms with Crippen molar-refractivity contribution in [3.8, 4) is 0 Å². The number of halogens is 2. The fourth-order valence-electron chi connectivity index (χ4n) is 2.82. The topological polar surface area (TPSA) is 62.3 Å². The maximum Gasteiger partial charge on any atom is 0.239 e. The molecule has 0 saturated carbocycles. The van der Waals surface area contributed by atoms with Crippen LogP contribution in [0, 0.1) is 18.7 Å². The number of pyridine rings is 1. The highest BCUT2D eigenvalue weighted by Gasteiger charge is 2.37. The van der Waals surface area contributed by atoms with Gasteiger partial charge >= 0.3 is 0 Å². The van der Waals surface area contributed by atoms with Gasteiger partial charge in [0.15, 0.2) is 0 Å². The summed E-state index contributed by atoms with van der Waals surface area (Å²) < 4.78 is 13.3. The van der Waals surface area contributed by atoms with Gasteiger partial charge in [0.05, 0.1) is 11.9 Å². The molecule has 1 aliphatic heterocycles. The quantitative estimate of drug-likeness (QED) is 0.852. The van der Waals surface area contributed by atoms with E-state index in [1.807, 2.05) is 19.1 Å². The van der Waals surface area contributed by atoms with Crippen LogP contribution in [0.3, 0.4) is 0 Å². The summed E-state index contributed by atoms with van der Waals surface area (Å²) >= 11 is 5.79. The summed E-state index contributed by atoms with van der Waals surface area (Å²) in [5, 5.41) is 2.94. The van der Waals surface area contributed by atoms with Crippen molar-refractivity contribution in [1.29, 1.82) is 0 Å². The Balaban J connectivity index is 1.63. The smallest absolute Gasteiger partial charge is 0.239 e. The minimum absolute atomic E-state index is 0.117. The van der Waals surface area contributed by atoms with Gasteiger partial charge in [-0.2, -0.15) is 0 Å². The van der Waals surface area contributed by atoms with Crippen molar-refractivity contribution in [1.82, 2.24) is 10.3 Å². The van der Waals surface area contributed by atoms with Crippen molar-refractivity contribution in [2.45, 2.75) is 19.9 Å². The summed E-state index contributed by atoms with van der Waals surface area (Å²) in [7, 11) is 0. The zero-order valence-corrected chi connectivity index (χ0v) is 14.4. The van der Waals surface area contributed by atoms with Gasteiger partial charge in [0.1, 0.15) is 11.7 Å². The number of anilines is 1. The predicted octanol–water partition coefficient (Wildman–Crippen LogP) is 2.85. The van der Waals surface area contributed by atoms with Crippen molar-refractivity contribution in [2.24, 2.45) is 5.92 Å². The Morgan fingerprint density at radius 2 is 2.20 bits per heavy atom. The molecule has 25 heavy (non-hydrogen) atoms. The lowest BCUT2D eigenvalue weighted by molar-refractivity contribution is -0.132. The number of carbonyl (C=O) groups is 2. The molecule has 0 spiro atoms. The molecule has 2 aromatic rings. The maximum atomic E-state index is 13.3. The molecule has 1 aromatic carbocycles. The summed E-state index contributed by atoms with van der Waals surface area (Å²) in [5.41, 5.74) is 2.09. The number of nitrogens with one attached hydrogen (secondary N) is 1. The summed E-state index contributed by atoms with van der Waals surface area (Å²) in [6, 6.07) is 7.71. The highest BCUT2D eigenvalue weighted by molar-refractivity contribution is 6.30. The van der Waals surface area contributed by atoms with Crippen LogP contribution in [0.25, 0.3) is 0 Å². The van der Waals surface area contributed by atoms with E-state index in [4.69, 9.17) is 11.6 Å². The summed E-state index contributed by atoms with van der Waals surface area (Å²) in [5.74, 6) is -1.83. The van der Waals surface area contributed by atoms with E-state index in [0.717, 1.165) is 5.69 Å². The lowest BCUT2D eigenvalue weighted by Crippen LogP contribution is -2.36. The molecule has 0 bridgehead atoms. The number of carbonyl (C=O) groups excluding carboxylic acids is 2. The molecule has 130 valence electrons. The van der Waals surface area contributed by atoms with Gasteiger partial charge in [0.25, 0.3) is 0 Å². The molecular weight excluding hydrogens is 345 g/mol. The summed E-state index contributed by atoms with van der Waals surface area (Å²) in [4.78, 5) is 30.6. The van der Waals surface area contributed by atoms with Crippen molar-refractivity contribution in [3.05, 3.63) is 58.6 Å². The van der Waals surface area contributed by atoms with Gasteiger partial charge in [-0.05, 0) is 49.2 Å². The van der Waals surface area contributed by atoms with Gasteiger partial charge in [-0.1, -0.05) is 11.6 Å². The first-order valence-electron chi connectivity index (χ1n) is 7.91. The first-order chi connectivity index (χ1) is 11.9. The van der Waals surface area contributed by atoms with Crippen molar-refractivity contribution < 1.29 is 14.0 Å². The predicted molar refractivity (Wildman–Crippen MR) is 92.7 cm³/mol. The SMILES string of the molecule is Cc1ccc(N2CCC(C(=O)NCc3cc(F)cc(Cl)c3)C2=O)cn1. The molecule has 1 atom stereocenters. The van der Waals surface area contributed by atoms with Crippen LogP contribution in [0.1, 0.15) is 17.7 Å². The highest BCUT2D eigenvalue weighted by Crippen LogP contribution is 2.25. The lowest BCUT2D eigenvalue weighted by Gasteiger charge is -2.16. The third-order valence-corrected chi connectivity index (χ3v) is 4.34. The second-order valence-corrected chi connectivity index (χ2v) is 6.42. The van der Waals surface area contributed by atoms with Crippen LogP contribution >= 0.6 is 11.6 Å². The second-order valence-electron chi connectivity index (χ2n) is 5.98. The normalized spacial score (nSPS) is 17.0. The van der Waals surface area contributed by atoms with Crippen LogP contribution in [-0.4, -0.2) is 23.3 Å². The Morgan fingerprint density at radius 1 is 1.40 bits per heavy atom. The third-order valence-electron chi connectivity index (χ3n) is 4.12. The molecule has 2 amide bonds. The molecule has 1 fully saturated rings. The molecule has 0 aliphatic carbocycles. The standard InChI is InChI=1S/C18H17ClFN3O2/c1-11-2-3-15(10-21-11)23-5-4-16(18(23)25)17(24)22-9-12-6-13(19)8-14(20)7-12/h2-3,6-8,10,16H,4-5,9H2,1H3,(H,22,24). The fourth-order valence-corrected chi connectivity index (χ4v) is 3.07. The number of benzene rings is 1. The van der Waals surface area contributed by atoms with Crippen molar-refractivity contribution >= 4 is 29.1 Å². The minimum Gasteiger partial charge on any atom is -0.351 e. The Bertz CT molecular complexity index is 790. The van der Waals surface area contributed by atoms with E-state index in [1.54, 1.807) is 17.2 Å². The monoisotopic (exact) mass is 361 g/mol. The van der Waals surface area contributed by atoms with Gasteiger partial charge < -0.3 is 10.2 Å². The summed E-state index contributed by atoms with van der Waals surface area (Å²) in [6.45, 7) is 2.45. The molecule has 1 saturated heterocycles. The fraction of sp³-hybridized carbons (Fsp3) is 0.278. The molecule has 0 radical (unpaired) electrons. The number of rotatable bonds is 4. The Hall–Kier alpha value is -2.47. The van der Waals surface area contributed by atoms with Gasteiger partial charge in [0, 0.05) is 23.8 Å². The van der Waals surface area contributed by atoms with E-state index in [-0.39, 0.29) is 23.4 Å². The number of hydrogen-bond acceptors (Lipinski definition) is 3. The van der Waals surface area contributed by atoms with Gasteiger partial charge in [-0.25, -0.2) is 4.39 Å². The van der Waals surface area contributed by atoms with E-state index < -0.39 is 11.7 Å². The van der Waals surface area contributed by atoms with Crippen molar-refractivity contribution in [3.63, 3.8) is 0 Å². The molecule has 2 heterocycles. The van der Waals surface area contributed by atoms with E-state index in [0.29, 0.717) is 24.2 Å². The van der Waals surface area contributed by atoms with E-state index in [1.165, 1.54) is 12.1 Å². The number of aryl methyl sites for hydroxylation is 1. The van der Waals surface area contributed by atoms with E-state index in [2.05, 4.69) is 10.3 Å². The van der Waals surface area contributed by atoms with Gasteiger partial charge in [0.2, 0.25) is 11.8 Å². The molecule has 7 heteroatoms. The molecule has 5 nitrogen and oxygen atoms in total. The second kappa shape index (κ2) is 7.19. The van der Waals surface area contributed by atoms with E-state index in [9.17, 15) is 14.0 Å². The average Bonchev–Trinajstić information content (AvgIpc) is 2.94. The highest BCUT2D eigenvalue weighted by atomic mass is 35.5. The minimum atomic E-state index is -0.745. The molecule has 1 unspecified atom stereocenters.